The Balaban J connectivity index is 2.97. The van der Waals surface area contributed by atoms with Gasteiger partial charge in [-0.15, -0.1) is 0 Å². The van der Waals surface area contributed by atoms with E-state index in [1.54, 1.807) is 0 Å². The summed E-state index contributed by atoms with van der Waals surface area (Å²) in [5, 5.41) is 17.4. The first kappa shape index (κ1) is 9.88. The quantitative estimate of drug-likeness (QED) is 0.527. The van der Waals surface area contributed by atoms with Crippen LogP contribution in [0.3, 0.4) is 0 Å². The fraction of sp³-hybridized carbons (Fsp3) is 1.00. The van der Waals surface area contributed by atoms with Crippen LogP contribution in [0.5, 0.6) is 0 Å². The molecule has 0 aromatic heterocycles. The topological polar surface area (TPSA) is 49.7 Å². The molecule has 0 amide bonds. The van der Waals surface area contributed by atoms with Crippen molar-refractivity contribution >= 4 is 0 Å². The molecular weight excluding hydrogens is 132 g/mol. The summed E-state index contributed by atoms with van der Waals surface area (Å²) in [6, 6.07) is 0. The lowest BCUT2D eigenvalue weighted by atomic mass is 10.3. The highest BCUT2D eigenvalue weighted by molar-refractivity contribution is 4.51. The van der Waals surface area contributed by atoms with Crippen LogP contribution in [0.4, 0.5) is 0 Å². The largest absolute Gasteiger partial charge is 0.396 e. The van der Waals surface area contributed by atoms with Gasteiger partial charge in [-0.2, -0.15) is 0 Å². The molecule has 2 N–H and O–H groups in total. The first-order chi connectivity index (χ1) is 4.81. The Kier molecular flexibility index (Phi) is 6.91. The summed E-state index contributed by atoms with van der Waals surface area (Å²) < 4.78 is 5.04. The van der Waals surface area contributed by atoms with E-state index < -0.39 is 6.10 Å². The van der Waals surface area contributed by atoms with Crippen LogP contribution in [0.25, 0.3) is 0 Å². The second kappa shape index (κ2) is 6.99. The highest BCUT2D eigenvalue weighted by atomic mass is 16.5. The van der Waals surface area contributed by atoms with Crippen LogP contribution in [0.1, 0.15) is 19.8 Å². The third-order valence-corrected chi connectivity index (χ3v) is 1.12. The highest BCUT2D eigenvalue weighted by Gasteiger charge is 2.01. The number of aliphatic hydroxyl groups excluding tert-OH is 2. The second-order valence-corrected chi connectivity index (χ2v) is 2.24. The third kappa shape index (κ3) is 6.01. The van der Waals surface area contributed by atoms with E-state index in [0.29, 0.717) is 19.6 Å². The summed E-state index contributed by atoms with van der Waals surface area (Å²) in [4.78, 5) is 0. The Hall–Kier alpha value is -0.120. The van der Waals surface area contributed by atoms with Crippen LogP contribution in [0, 0.1) is 0 Å². The first-order valence-corrected chi connectivity index (χ1v) is 3.68. The van der Waals surface area contributed by atoms with Crippen molar-refractivity contribution < 1.29 is 14.9 Å². The van der Waals surface area contributed by atoms with Crippen LogP contribution in [-0.4, -0.2) is 36.1 Å². The summed E-state index contributed by atoms with van der Waals surface area (Å²) in [6.45, 7) is 3.06. The molecule has 0 aliphatic rings. The van der Waals surface area contributed by atoms with Crippen molar-refractivity contribution in [2.24, 2.45) is 0 Å². The Morgan fingerprint density at radius 3 is 2.70 bits per heavy atom. The molecule has 1 atom stereocenters. The summed E-state index contributed by atoms with van der Waals surface area (Å²) in [5.41, 5.74) is 0. The van der Waals surface area contributed by atoms with Crippen molar-refractivity contribution in [3.05, 3.63) is 0 Å². The standard InChI is InChI=1S/C7H16O3/c1-2-5-10-6-7(9)3-4-8/h7-9H,2-6H2,1H3. The van der Waals surface area contributed by atoms with Gasteiger partial charge in [0.25, 0.3) is 0 Å². The molecule has 0 spiro atoms. The van der Waals surface area contributed by atoms with Gasteiger partial charge in [0.2, 0.25) is 0 Å². The van der Waals surface area contributed by atoms with E-state index in [0.717, 1.165) is 6.42 Å². The normalized spacial score (nSPS) is 13.5. The molecule has 0 radical (unpaired) electrons. The van der Waals surface area contributed by atoms with Gasteiger partial charge in [-0.1, -0.05) is 6.92 Å². The number of ether oxygens (including phenoxy) is 1. The molecule has 0 saturated carbocycles. The third-order valence-electron chi connectivity index (χ3n) is 1.12. The molecule has 3 heteroatoms. The van der Waals surface area contributed by atoms with Crippen molar-refractivity contribution in [1.82, 2.24) is 0 Å². The van der Waals surface area contributed by atoms with Gasteiger partial charge in [0.1, 0.15) is 0 Å². The van der Waals surface area contributed by atoms with E-state index in [1.807, 2.05) is 6.92 Å². The maximum absolute atomic E-state index is 8.99. The van der Waals surface area contributed by atoms with Gasteiger partial charge in [-0.05, 0) is 12.8 Å². The Morgan fingerprint density at radius 1 is 1.50 bits per heavy atom. The van der Waals surface area contributed by atoms with Crippen molar-refractivity contribution in [1.29, 1.82) is 0 Å². The number of aliphatic hydroxyl groups is 2. The maximum Gasteiger partial charge on any atom is 0.0795 e. The van der Waals surface area contributed by atoms with Crippen LogP contribution in [-0.2, 0) is 4.74 Å². The lowest BCUT2D eigenvalue weighted by Gasteiger charge is -2.07. The van der Waals surface area contributed by atoms with E-state index in [4.69, 9.17) is 14.9 Å². The lowest BCUT2D eigenvalue weighted by Crippen LogP contribution is -2.16. The molecule has 0 aliphatic heterocycles. The zero-order chi connectivity index (χ0) is 7.82. The van der Waals surface area contributed by atoms with E-state index in [-0.39, 0.29) is 6.61 Å². The molecule has 3 nitrogen and oxygen atoms in total. The molecule has 0 rings (SSSR count). The predicted molar refractivity (Wildman–Crippen MR) is 38.8 cm³/mol. The minimum absolute atomic E-state index is 0.0245. The molecule has 0 aromatic carbocycles. The van der Waals surface area contributed by atoms with Crippen LogP contribution in [0.15, 0.2) is 0 Å². The highest BCUT2D eigenvalue weighted by Crippen LogP contribution is 1.91. The van der Waals surface area contributed by atoms with Gasteiger partial charge in [-0.25, -0.2) is 0 Å². The summed E-state index contributed by atoms with van der Waals surface area (Å²) in [5.74, 6) is 0. The van der Waals surface area contributed by atoms with E-state index in [9.17, 15) is 0 Å². The lowest BCUT2D eigenvalue weighted by molar-refractivity contribution is 0.0244. The molecule has 0 saturated heterocycles. The predicted octanol–water partition coefficient (Wildman–Crippen LogP) is 0.156. The Labute approximate surface area is 61.6 Å². The first-order valence-electron chi connectivity index (χ1n) is 3.68. The Bertz CT molecular complexity index is 65.9. The minimum Gasteiger partial charge on any atom is -0.396 e. The van der Waals surface area contributed by atoms with Crippen molar-refractivity contribution in [3.8, 4) is 0 Å². The van der Waals surface area contributed by atoms with Crippen LogP contribution in [0.2, 0.25) is 0 Å². The molecule has 1 unspecified atom stereocenters. The van der Waals surface area contributed by atoms with E-state index >= 15 is 0 Å². The number of rotatable bonds is 6. The van der Waals surface area contributed by atoms with Crippen molar-refractivity contribution in [2.45, 2.75) is 25.9 Å². The smallest absolute Gasteiger partial charge is 0.0795 e. The van der Waals surface area contributed by atoms with Gasteiger partial charge in [0, 0.05) is 13.2 Å². The summed E-state index contributed by atoms with van der Waals surface area (Å²) >= 11 is 0. The van der Waals surface area contributed by atoms with E-state index in [2.05, 4.69) is 0 Å². The Morgan fingerprint density at radius 2 is 2.20 bits per heavy atom. The molecule has 0 heterocycles. The molecule has 62 valence electrons. The average Bonchev–Trinajstić information content (AvgIpc) is 1.89. The molecule has 0 fully saturated rings. The molecule has 0 bridgehead atoms. The fourth-order valence-electron chi connectivity index (χ4n) is 0.596. The van der Waals surface area contributed by atoms with Gasteiger partial charge >= 0.3 is 0 Å². The van der Waals surface area contributed by atoms with Crippen LogP contribution < -0.4 is 0 Å². The van der Waals surface area contributed by atoms with E-state index in [1.165, 1.54) is 0 Å². The number of hydrogen-bond acceptors (Lipinski definition) is 3. The number of hydrogen-bond donors (Lipinski definition) is 2. The summed E-state index contributed by atoms with van der Waals surface area (Å²) in [6.07, 6.45) is 0.867. The van der Waals surface area contributed by atoms with Crippen molar-refractivity contribution in [2.75, 3.05) is 19.8 Å². The molecule has 10 heavy (non-hydrogen) atoms. The average molecular weight is 148 g/mol. The zero-order valence-corrected chi connectivity index (χ0v) is 6.42. The molecular formula is C7H16O3. The van der Waals surface area contributed by atoms with Gasteiger partial charge in [0.15, 0.2) is 0 Å². The van der Waals surface area contributed by atoms with Gasteiger partial charge in [-0.3, -0.25) is 0 Å². The van der Waals surface area contributed by atoms with Gasteiger partial charge < -0.3 is 14.9 Å². The molecule has 0 aromatic rings. The fourth-order valence-corrected chi connectivity index (χ4v) is 0.596. The second-order valence-electron chi connectivity index (χ2n) is 2.24. The zero-order valence-electron chi connectivity index (χ0n) is 6.42. The van der Waals surface area contributed by atoms with Gasteiger partial charge in [0.05, 0.1) is 12.7 Å². The van der Waals surface area contributed by atoms with Crippen molar-refractivity contribution in [3.63, 3.8) is 0 Å². The SMILES string of the molecule is CCCOCC(O)CCO. The monoisotopic (exact) mass is 148 g/mol. The maximum atomic E-state index is 8.99. The van der Waals surface area contributed by atoms with Crippen LogP contribution >= 0.6 is 0 Å². The minimum atomic E-state index is -0.503. The molecule has 0 aliphatic carbocycles. The summed E-state index contributed by atoms with van der Waals surface area (Å²) in [7, 11) is 0.